The Morgan fingerprint density at radius 1 is 1.57 bits per heavy atom. The van der Waals surface area contributed by atoms with E-state index in [9.17, 15) is 23.3 Å². The topological polar surface area (TPSA) is 118 Å². The average Bonchev–Trinajstić information content (AvgIpc) is 2.71. The number of sulfonamides is 1. The smallest absolute Gasteiger partial charge is 0.304 e. The van der Waals surface area contributed by atoms with Gasteiger partial charge in [-0.2, -0.15) is 4.31 Å². The van der Waals surface area contributed by atoms with Crippen molar-refractivity contribution < 1.29 is 23.2 Å². The Bertz CT molecular complexity index is 655. The highest BCUT2D eigenvalue weighted by atomic mass is 35.5. The molecule has 1 aromatic rings. The Balaban J connectivity index is 3.20. The molecule has 0 amide bonds. The fraction of sp³-hybridized carbons (Fsp3) is 0.500. The standard InChI is InChI=1S/C10H13ClN2O6S2/c1-6(2)12(4-3-8(14)15)21(18,19)9-5-7(13(16)17)10(11)20-9/h5-6H,3-4H2,1-2H3,(H,14,15). The van der Waals surface area contributed by atoms with Crippen molar-refractivity contribution in [1.82, 2.24) is 4.31 Å². The first-order valence-corrected chi connectivity index (χ1v) is 8.38. The van der Waals surface area contributed by atoms with Crippen molar-refractivity contribution in [1.29, 1.82) is 0 Å². The number of carboxylic acids is 1. The van der Waals surface area contributed by atoms with Gasteiger partial charge in [0.25, 0.3) is 15.7 Å². The number of carbonyl (C=O) groups is 1. The van der Waals surface area contributed by atoms with E-state index < -0.39 is 32.6 Å². The molecule has 1 heterocycles. The number of carboxylic acid groups (broad SMARTS) is 1. The van der Waals surface area contributed by atoms with Crippen LogP contribution in [0.2, 0.25) is 4.34 Å². The molecule has 21 heavy (non-hydrogen) atoms. The molecule has 0 aromatic carbocycles. The SMILES string of the molecule is CC(C)N(CCC(=O)O)S(=O)(=O)c1cc([N+](=O)[O-])c(Cl)s1. The zero-order valence-electron chi connectivity index (χ0n) is 11.1. The first-order chi connectivity index (χ1) is 9.57. The maximum Gasteiger partial charge on any atom is 0.304 e. The van der Waals surface area contributed by atoms with Gasteiger partial charge in [-0.3, -0.25) is 14.9 Å². The van der Waals surface area contributed by atoms with E-state index in [1.54, 1.807) is 13.8 Å². The largest absolute Gasteiger partial charge is 0.481 e. The first kappa shape index (κ1) is 17.8. The Morgan fingerprint density at radius 3 is 2.52 bits per heavy atom. The summed E-state index contributed by atoms with van der Waals surface area (Å²) in [5.74, 6) is -1.13. The highest BCUT2D eigenvalue weighted by Crippen LogP contribution is 2.37. The van der Waals surface area contributed by atoms with Crippen LogP contribution in [-0.4, -0.2) is 41.3 Å². The van der Waals surface area contributed by atoms with Crippen LogP contribution in [0.3, 0.4) is 0 Å². The summed E-state index contributed by atoms with van der Waals surface area (Å²) in [4.78, 5) is 20.6. The first-order valence-electron chi connectivity index (χ1n) is 5.74. The molecule has 118 valence electrons. The van der Waals surface area contributed by atoms with Crippen molar-refractivity contribution >= 4 is 44.6 Å². The Labute approximate surface area is 130 Å². The van der Waals surface area contributed by atoms with E-state index in [0.717, 1.165) is 10.4 Å². The molecule has 0 unspecified atom stereocenters. The Kier molecular flexibility index (Phi) is 5.68. The number of thiophene rings is 1. The number of rotatable bonds is 7. The summed E-state index contributed by atoms with van der Waals surface area (Å²) in [5.41, 5.74) is -0.484. The van der Waals surface area contributed by atoms with E-state index in [0.29, 0.717) is 11.3 Å². The molecule has 0 fully saturated rings. The van der Waals surface area contributed by atoms with Gasteiger partial charge in [0.2, 0.25) is 0 Å². The van der Waals surface area contributed by atoms with Crippen LogP contribution in [-0.2, 0) is 14.8 Å². The average molecular weight is 357 g/mol. The molecule has 1 N–H and O–H groups in total. The summed E-state index contributed by atoms with van der Waals surface area (Å²) in [6.07, 6.45) is -0.362. The number of aliphatic carboxylic acids is 1. The van der Waals surface area contributed by atoms with E-state index >= 15 is 0 Å². The molecule has 0 spiro atoms. The number of hydrogen-bond acceptors (Lipinski definition) is 6. The quantitative estimate of drug-likeness (QED) is 0.591. The molecule has 11 heteroatoms. The monoisotopic (exact) mass is 356 g/mol. The van der Waals surface area contributed by atoms with Crippen LogP contribution in [0.1, 0.15) is 20.3 Å². The summed E-state index contributed by atoms with van der Waals surface area (Å²) >= 11 is 6.23. The second kappa shape index (κ2) is 6.69. The van der Waals surface area contributed by atoms with Gasteiger partial charge in [-0.05, 0) is 13.8 Å². The van der Waals surface area contributed by atoms with Crippen LogP contribution in [0.5, 0.6) is 0 Å². The minimum atomic E-state index is -4.03. The molecule has 0 aliphatic carbocycles. The van der Waals surface area contributed by atoms with Gasteiger partial charge >= 0.3 is 5.97 Å². The number of nitro groups is 1. The highest BCUT2D eigenvalue weighted by Gasteiger charge is 2.32. The van der Waals surface area contributed by atoms with Crippen LogP contribution in [0, 0.1) is 10.1 Å². The fourth-order valence-corrected chi connectivity index (χ4v) is 5.00. The van der Waals surface area contributed by atoms with E-state index in [-0.39, 0.29) is 21.5 Å². The lowest BCUT2D eigenvalue weighted by molar-refractivity contribution is -0.384. The molecule has 8 nitrogen and oxygen atoms in total. The Morgan fingerprint density at radius 2 is 2.14 bits per heavy atom. The maximum atomic E-state index is 12.4. The van der Waals surface area contributed by atoms with E-state index in [4.69, 9.17) is 16.7 Å². The van der Waals surface area contributed by atoms with E-state index in [1.165, 1.54) is 0 Å². The third kappa shape index (κ3) is 4.13. The van der Waals surface area contributed by atoms with Gasteiger partial charge in [0, 0.05) is 18.7 Å². The molecule has 0 atom stereocenters. The second-order valence-electron chi connectivity index (χ2n) is 4.33. The van der Waals surface area contributed by atoms with Crippen LogP contribution in [0.4, 0.5) is 5.69 Å². The van der Waals surface area contributed by atoms with Crippen LogP contribution in [0.25, 0.3) is 0 Å². The summed E-state index contributed by atoms with van der Waals surface area (Å²) < 4.78 is 25.3. The number of halogens is 1. The minimum Gasteiger partial charge on any atom is -0.481 e. The summed E-state index contributed by atoms with van der Waals surface area (Å²) in [5, 5.41) is 19.4. The summed E-state index contributed by atoms with van der Waals surface area (Å²) in [7, 11) is -4.03. The highest BCUT2D eigenvalue weighted by molar-refractivity contribution is 7.91. The molecular formula is C10H13ClN2O6S2. The number of nitrogens with zero attached hydrogens (tertiary/aromatic N) is 2. The molecule has 0 saturated carbocycles. The molecular weight excluding hydrogens is 344 g/mol. The Hall–Kier alpha value is -1.23. The zero-order chi connectivity index (χ0) is 16.4. The molecule has 0 saturated heterocycles. The molecule has 1 aromatic heterocycles. The third-order valence-electron chi connectivity index (χ3n) is 2.53. The lowest BCUT2D eigenvalue weighted by atomic mass is 10.3. The van der Waals surface area contributed by atoms with Gasteiger partial charge in [0.1, 0.15) is 4.21 Å². The number of hydrogen-bond donors (Lipinski definition) is 1. The van der Waals surface area contributed by atoms with E-state index in [1.807, 2.05) is 0 Å². The van der Waals surface area contributed by atoms with Crippen molar-refractivity contribution in [2.45, 2.75) is 30.5 Å². The van der Waals surface area contributed by atoms with Gasteiger partial charge in [-0.15, -0.1) is 11.3 Å². The predicted molar refractivity (Wildman–Crippen MR) is 77.3 cm³/mol. The lowest BCUT2D eigenvalue weighted by Crippen LogP contribution is -2.38. The van der Waals surface area contributed by atoms with Crippen LogP contribution in [0.15, 0.2) is 10.3 Å². The van der Waals surface area contributed by atoms with Crippen molar-refractivity contribution in [3.8, 4) is 0 Å². The summed E-state index contributed by atoms with van der Waals surface area (Å²) in [6.45, 7) is 2.95. The molecule has 1 rings (SSSR count). The van der Waals surface area contributed by atoms with Crippen molar-refractivity contribution in [3.05, 3.63) is 20.5 Å². The van der Waals surface area contributed by atoms with Crippen molar-refractivity contribution in [3.63, 3.8) is 0 Å². The van der Waals surface area contributed by atoms with Gasteiger partial charge in [-0.25, -0.2) is 8.42 Å². The third-order valence-corrected chi connectivity index (χ3v) is 6.39. The minimum absolute atomic E-state index is 0.224. The zero-order valence-corrected chi connectivity index (χ0v) is 13.5. The maximum absolute atomic E-state index is 12.4. The molecule has 0 aliphatic rings. The van der Waals surface area contributed by atoms with Crippen LogP contribution < -0.4 is 0 Å². The lowest BCUT2D eigenvalue weighted by Gasteiger charge is -2.24. The predicted octanol–water partition coefficient (Wildman–Crippen LogP) is 2.18. The second-order valence-corrected chi connectivity index (χ2v) is 8.11. The van der Waals surface area contributed by atoms with Crippen molar-refractivity contribution in [2.75, 3.05) is 6.54 Å². The molecule has 0 bridgehead atoms. The van der Waals surface area contributed by atoms with E-state index in [2.05, 4.69) is 0 Å². The summed E-state index contributed by atoms with van der Waals surface area (Å²) in [6, 6.07) is 0.396. The van der Waals surface area contributed by atoms with Gasteiger partial charge in [0.15, 0.2) is 4.34 Å². The normalized spacial score (nSPS) is 12.0. The van der Waals surface area contributed by atoms with Crippen molar-refractivity contribution in [2.24, 2.45) is 0 Å². The van der Waals surface area contributed by atoms with Gasteiger partial charge < -0.3 is 5.11 Å². The fourth-order valence-electron chi connectivity index (χ4n) is 1.57. The van der Waals surface area contributed by atoms with Gasteiger partial charge in [0.05, 0.1) is 11.3 Å². The van der Waals surface area contributed by atoms with Crippen LogP contribution >= 0.6 is 22.9 Å². The molecule has 0 aliphatic heterocycles. The molecule has 0 radical (unpaired) electrons. The van der Waals surface area contributed by atoms with Gasteiger partial charge in [-0.1, -0.05) is 11.6 Å².